The van der Waals surface area contributed by atoms with Crippen LogP contribution < -0.4 is 5.73 Å². The van der Waals surface area contributed by atoms with Crippen molar-refractivity contribution >= 4 is 16.5 Å². The van der Waals surface area contributed by atoms with Crippen molar-refractivity contribution in [2.45, 2.75) is 17.6 Å². The number of anilines is 1. The second-order valence-electron chi connectivity index (χ2n) is 4.29. The number of nitrogens with zero attached hydrogens (tertiary/aromatic N) is 1. The highest BCUT2D eigenvalue weighted by molar-refractivity contribution is 7.84. The number of para-hydroxylation sites is 1. The maximum absolute atomic E-state index is 12.3. The number of nitrogen functional groups attached to an aromatic ring is 1. The van der Waals surface area contributed by atoms with Crippen molar-refractivity contribution in [2.75, 3.05) is 5.73 Å². The van der Waals surface area contributed by atoms with Crippen molar-refractivity contribution < 1.29 is 4.21 Å². The van der Waals surface area contributed by atoms with Crippen LogP contribution >= 0.6 is 0 Å². The van der Waals surface area contributed by atoms with Crippen LogP contribution in [0.3, 0.4) is 0 Å². The first-order valence-electron chi connectivity index (χ1n) is 5.84. The maximum atomic E-state index is 12.3. The lowest BCUT2D eigenvalue weighted by atomic mass is 10.2. The predicted octanol–water partition coefficient (Wildman–Crippen LogP) is 2.76. The number of rotatable bonds is 3. The molecule has 0 aliphatic rings. The average Bonchev–Trinajstić information content (AvgIpc) is 2.42. The fourth-order valence-corrected chi connectivity index (χ4v) is 3.09. The Morgan fingerprint density at radius 3 is 2.74 bits per heavy atom. The van der Waals surface area contributed by atoms with Crippen LogP contribution in [-0.4, -0.2) is 4.21 Å². The zero-order valence-electron chi connectivity index (χ0n) is 10.6. The molecule has 0 saturated heterocycles. The molecule has 0 aliphatic carbocycles. The molecule has 0 aliphatic heterocycles. The van der Waals surface area contributed by atoms with Gasteiger partial charge in [-0.2, -0.15) is 5.26 Å². The van der Waals surface area contributed by atoms with Gasteiger partial charge in [-0.15, -0.1) is 0 Å². The summed E-state index contributed by atoms with van der Waals surface area (Å²) in [7, 11) is -1.20. The second-order valence-corrected chi connectivity index (χ2v) is 5.71. The minimum atomic E-state index is -1.20. The topological polar surface area (TPSA) is 66.9 Å². The first-order chi connectivity index (χ1) is 9.11. The van der Waals surface area contributed by atoms with Crippen molar-refractivity contribution in [2.24, 2.45) is 0 Å². The summed E-state index contributed by atoms with van der Waals surface area (Å²) in [5.41, 5.74) is 8.91. The molecule has 1 atom stereocenters. The molecule has 0 radical (unpaired) electrons. The van der Waals surface area contributed by atoms with E-state index in [-0.39, 0.29) is 0 Å². The number of nitrogens with two attached hydrogens (primary N) is 1. The van der Waals surface area contributed by atoms with Gasteiger partial charge in [-0.1, -0.05) is 24.3 Å². The molecule has 0 fully saturated rings. The van der Waals surface area contributed by atoms with E-state index in [2.05, 4.69) is 6.07 Å². The Morgan fingerprint density at radius 1 is 1.26 bits per heavy atom. The van der Waals surface area contributed by atoms with E-state index in [1.165, 1.54) is 0 Å². The monoisotopic (exact) mass is 270 g/mol. The van der Waals surface area contributed by atoms with Gasteiger partial charge >= 0.3 is 0 Å². The van der Waals surface area contributed by atoms with Crippen molar-refractivity contribution in [1.82, 2.24) is 0 Å². The number of hydrogen-bond acceptors (Lipinski definition) is 3. The molecular weight excluding hydrogens is 256 g/mol. The summed E-state index contributed by atoms with van der Waals surface area (Å²) in [6.07, 6.45) is 0. The molecule has 3 nitrogen and oxygen atoms in total. The number of aryl methyl sites for hydroxylation is 1. The van der Waals surface area contributed by atoms with E-state index >= 15 is 0 Å². The van der Waals surface area contributed by atoms with Gasteiger partial charge in [0.05, 0.1) is 38.8 Å². The Labute approximate surface area is 115 Å². The van der Waals surface area contributed by atoms with Crippen LogP contribution in [0.4, 0.5) is 5.69 Å². The first-order valence-corrected chi connectivity index (χ1v) is 7.16. The van der Waals surface area contributed by atoms with Gasteiger partial charge in [-0.25, -0.2) is 0 Å². The minimum absolute atomic E-state index is 0.364. The standard InChI is InChI=1S/C15H14N2OS/c1-11-4-2-7-14(15(11)17)19(18)10-13-6-3-5-12(8-13)9-16/h2-8H,10,17H2,1H3. The summed E-state index contributed by atoms with van der Waals surface area (Å²) in [5, 5.41) is 8.85. The third kappa shape index (κ3) is 3.01. The molecule has 0 heterocycles. The highest BCUT2D eigenvalue weighted by Crippen LogP contribution is 2.22. The lowest BCUT2D eigenvalue weighted by Gasteiger charge is -2.08. The molecule has 2 N–H and O–H groups in total. The van der Waals surface area contributed by atoms with E-state index in [4.69, 9.17) is 11.0 Å². The van der Waals surface area contributed by atoms with Gasteiger partial charge < -0.3 is 5.73 Å². The number of hydrogen-bond donors (Lipinski definition) is 1. The van der Waals surface area contributed by atoms with E-state index in [0.29, 0.717) is 21.9 Å². The van der Waals surface area contributed by atoms with Gasteiger partial charge in [0.25, 0.3) is 0 Å². The van der Waals surface area contributed by atoms with Crippen LogP contribution in [-0.2, 0) is 16.6 Å². The second kappa shape index (κ2) is 5.68. The van der Waals surface area contributed by atoms with E-state index in [1.54, 1.807) is 24.3 Å². The van der Waals surface area contributed by atoms with Crippen molar-refractivity contribution in [1.29, 1.82) is 5.26 Å². The quantitative estimate of drug-likeness (QED) is 0.872. The molecule has 0 aromatic heterocycles. The summed E-state index contributed by atoms with van der Waals surface area (Å²) in [6.45, 7) is 1.90. The SMILES string of the molecule is Cc1cccc(S(=O)Cc2cccc(C#N)c2)c1N. The van der Waals surface area contributed by atoms with E-state index < -0.39 is 10.8 Å². The fourth-order valence-electron chi connectivity index (χ4n) is 1.81. The average molecular weight is 270 g/mol. The maximum Gasteiger partial charge on any atom is 0.0991 e. The molecule has 2 rings (SSSR count). The fraction of sp³-hybridized carbons (Fsp3) is 0.133. The lowest BCUT2D eigenvalue weighted by Crippen LogP contribution is -2.02. The molecule has 0 spiro atoms. The summed E-state index contributed by atoms with van der Waals surface area (Å²) in [6, 6.07) is 14.8. The van der Waals surface area contributed by atoms with Gasteiger partial charge in [-0.3, -0.25) is 4.21 Å². The van der Waals surface area contributed by atoms with Crippen LogP contribution in [0.15, 0.2) is 47.4 Å². The van der Waals surface area contributed by atoms with Gasteiger partial charge in [0.1, 0.15) is 0 Å². The largest absolute Gasteiger partial charge is 0.398 e. The zero-order valence-corrected chi connectivity index (χ0v) is 11.4. The molecule has 19 heavy (non-hydrogen) atoms. The number of benzene rings is 2. The molecule has 0 amide bonds. The molecular formula is C15H14N2OS. The first kappa shape index (κ1) is 13.3. The van der Waals surface area contributed by atoms with Gasteiger partial charge in [0.15, 0.2) is 0 Å². The molecule has 0 bridgehead atoms. The smallest absolute Gasteiger partial charge is 0.0991 e. The highest BCUT2D eigenvalue weighted by Gasteiger charge is 2.10. The van der Waals surface area contributed by atoms with Gasteiger partial charge in [-0.05, 0) is 36.2 Å². The van der Waals surface area contributed by atoms with Crippen molar-refractivity contribution in [3.05, 3.63) is 59.2 Å². The molecule has 2 aromatic carbocycles. The van der Waals surface area contributed by atoms with Crippen LogP contribution in [0.25, 0.3) is 0 Å². The Balaban J connectivity index is 2.26. The zero-order chi connectivity index (χ0) is 13.8. The Bertz CT molecular complexity index is 674. The molecule has 2 aromatic rings. The summed E-state index contributed by atoms with van der Waals surface area (Å²) < 4.78 is 12.3. The van der Waals surface area contributed by atoms with Crippen LogP contribution in [0.5, 0.6) is 0 Å². The van der Waals surface area contributed by atoms with Crippen LogP contribution in [0.2, 0.25) is 0 Å². The van der Waals surface area contributed by atoms with Crippen molar-refractivity contribution in [3.8, 4) is 6.07 Å². The molecule has 96 valence electrons. The Hall–Kier alpha value is -2.12. The summed E-state index contributed by atoms with van der Waals surface area (Å²) in [5.74, 6) is 0.364. The predicted molar refractivity (Wildman–Crippen MR) is 76.9 cm³/mol. The van der Waals surface area contributed by atoms with Crippen molar-refractivity contribution in [3.63, 3.8) is 0 Å². The Kier molecular flexibility index (Phi) is 3.98. The molecule has 1 unspecified atom stereocenters. The third-order valence-electron chi connectivity index (χ3n) is 2.88. The van der Waals surface area contributed by atoms with Crippen LogP contribution in [0.1, 0.15) is 16.7 Å². The summed E-state index contributed by atoms with van der Waals surface area (Å²) in [4.78, 5) is 0.655. The normalized spacial score (nSPS) is 11.8. The van der Waals surface area contributed by atoms with E-state index in [0.717, 1.165) is 11.1 Å². The van der Waals surface area contributed by atoms with E-state index in [1.807, 2.05) is 25.1 Å². The van der Waals surface area contributed by atoms with Gasteiger partial charge in [0, 0.05) is 0 Å². The molecule has 0 saturated carbocycles. The number of nitriles is 1. The van der Waals surface area contributed by atoms with E-state index in [9.17, 15) is 4.21 Å². The lowest BCUT2D eigenvalue weighted by molar-refractivity contribution is 0.683. The van der Waals surface area contributed by atoms with Crippen LogP contribution in [0, 0.1) is 18.3 Å². The van der Waals surface area contributed by atoms with Gasteiger partial charge in [0.2, 0.25) is 0 Å². The third-order valence-corrected chi connectivity index (χ3v) is 4.33. The summed E-state index contributed by atoms with van der Waals surface area (Å²) >= 11 is 0. The Morgan fingerprint density at radius 2 is 2.00 bits per heavy atom. The highest BCUT2D eigenvalue weighted by atomic mass is 32.2. The minimum Gasteiger partial charge on any atom is -0.398 e. The molecule has 4 heteroatoms.